The molecule has 0 saturated heterocycles. The average Bonchev–Trinajstić information content (AvgIpc) is 2.13. The Kier molecular flexibility index (Phi) is 2.01. The van der Waals surface area contributed by atoms with E-state index in [1.807, 2.05) is 12.3 Å². The lowest BCUT2D eigenvalue weighted by Crippen LogP contribution is -2.03. The third-order valence-electron chi connectivity index (χ3n) is 0.879. The van der Waals surface area contributed by atoms with Crippen LogP contribution in [-0.4, -0.2) is 10.8 Å². The fourth-order valence-corrected chi connectivity index (χ4v) is 1.27. The van der Waals surface area contributed by atoms with Gasteiger partial charge in [-0.2, -0.15) is 0 Å². The number of nitrogens with zero attached hydrogens (tertiary/aromatic N) is 2. The van der Waals surface area contributed by atoms with Crippen molar-refractivity contribution in [2.45, 2.75) is 13.8 Å². The number of hydrogen-bond acceptors (Lipinski definition) is 3. The molecule has 1 aromatic heterocycles. The predicted octanol–water partition coefficient (Wildman–Crippen LogP) is 1.46. The second-order valence-electron chi connectivity index (χ2n) is 2.02. The van der Waals surface area contributed by atoms with Gasteiger partial charge < -0.3 is 5.73 Å². The van der Waals surface area contributed by atoms with Gasteiger partial charge in [-0.3, -0.25) is 0 Å². The summed E-state index contributed by atoms with van der Waals surface area (Å²) in [5.41, 5.74) is 6.34. The summed E-state index contributed by atoms with van der Waals surface area (Å²) in [6, 6.07) is 0. The molecule has 0 aliphatic heterocycles. The van der Waals surface area contributed by atoms with Crippen molar-refractivity contribution in [1.29, 1.82) is 0 Å². The molecular formula is C6H9N3S. The number of aryl methyl sites for hydroxylation is 1. The molecule has 0 fully saturated rings. The minimum atomic E-state index is 0.550. The smallest absolute Gasteiger partial charge is 0.210 e. The standard InChI is InChI=1S/C6H9N3S/c1-4-3-10-6(8-4)9-5(2)7/h3H,1-2H3,(H2,7,8,9). The lowest BCUT2D eigenvalue weighted by Gasteiger charge is -1.84. The molecule has 1 heterocycles. The molecular weight excluding hydrogens is 146 g/mol. The first-order valence-corrected chi connectivity index (χ1v) is 3.79. The van der Waals surface area contributed by atoms with Gasteiger partial charge in [0.15, 0.2) is 0 Å². The van der Waals surface area contributed by atoms with Crippen molar-refractivity contribution < 1.29 is 0 Å². The largest absolute Gasteiger partial charge is 0.387 e. The third kappa shape index (κ3) is 1.80. The lowest BCUT2D eigenvalue weighted by atomic mass is 10.6. The van der Waals surface area contributed by atoms with Crippen molar-refractivity contribution in [1.82, 2.24) is 4.98 Å². The van der Waals surface area contributed by atoms with E-state index in [1.165, 1.54) is 11.3 Å². The highest BCUT2D eigenvalue weighted by Gasteiger charge is 1.93. The van der Waals surface area contributed by atoms with Crippen molar-refractivity contribution in [3.63, 3.8) is 0 Å². The minimum Gasteiger partial charge on any atom is -0.387 e. The van der Waals surface area contributed by atoms with Crippen molar-refractivity contribution in [3.05, 3.63) is 11.1 Å². The molecule has 1 rings (SSSR count). The molecule has 1 aromatic rings. The van der Waals surface area contributed by atoms with E-state index in [9.17, 15) is 0 Å². The molecule has 0 unspecified atom stereocenters. The van der Waals surface area contributed by atoms with E-state index < -0.39 is 0 Å². The molecule has 0 bridgehead atoms. The normalized spacial score (nSPS) is 12.0. The Labute approximate surface area is 63.6 Å². The maximum Gasteiger partial charge on any atom is 0.210 e. The van der Waals surface area contributed by atoms with Crippen molar-refractivity contribution in [3.8, 4) is 0 Å². The predicted molar refractivity (Wildman–Crippen MR) is 43.8 cm³/mol. The van der Waals surface area contributed by atoms with Gasteiger partial charge in [-0.05, 0) is 13.8 Å². The fourth-order valence-electron chi connectivity index (χ4n) is 0.544. The van der Waals surface area contributed by atoms with Gasteiger partial charge in [0, 0.05) is 5.38 Å². The van der Waals surface area contributed by atoms with Crippen LogP contribution in [0.4, 0.5) is 5.13 Å². The molecule has 0 aliphatic rings. The van der Waals surface area contributed by atoms with Crippen LogP contribution in [0.2, 0.25) is 0 Å². The van der Waals surface area contributed by atoms with Gasteiger partial charge in [-0.25, -0.2) is 9.98 Å². The van der Waals surface area contributed by atoms with E-state index in [4.69, 9.17) is 5.73 Å². The van der Waals surface area contributed by atoms with E-state index in [-0.39, 0.29) is 0 Å². The van der Waals surface area contributed by atoms with Crippen LogP contribution in [0, 0.1) is 6.92 Å². The van der Waals surface area contributed by atoms with Crippen LogP contribution in [0.25, 0.3) is 0 Å². The molecule has 3 nitrogen and oxygen atoms in total. The van der Waals surface area contributed by atoms with Gasteiger partial charge >= 0.3 is 0 Å². The molecule has 2 N–H and O–H groups in total. The van der Waals surface area contributed by atoms with E-state index in [0.29, 0.717) is 5.84 Å². The highest BCUT2D eigenvalue weighted by Crippen LogP contribution is 2.17. The van der Waals surface area contributed by atoms with Crippen LogP contribution in [0.3, 0.4) is 0 Å². The maximum absolute atomic E-state index is 5.35. The average molecular weight is 155 g/mol. The summed E-state index contributed by atoms with van der Waals surface area (Å²) in [5, 5.41) is 2.68. The van der Waals surface area contributed by atoms with Gasteiger partial charge in [-0.1, -0.05) is 0 Å². The first kappa shape index (κ1) is 7.21. The highest BCUT2D eigenvalue weighted by molar-refractivity contribution is 7.13. The van der Waals surface area contributed by atoms with Crippen LogP contribution in [0.15, 0.2) is 10.4 Å². The van der Waals surface area contributed by atoms with E-state index >= 15 is 0 Å². The summed E-state index contributed by atoms with van der Waals surface area (Å²) in [6.07, 6.45) is 0. The molecule has 4 heteroatoms. The number of hydrogen-bond donors (Lipinski definition) is 1. The molecule has 0 saturated carbocycles. The summed E-state index contributed by atoms with van der Waals surface area (Å²) in [4.78, 5) is 8.08. The van der Waals surface area contributed by atoms with Gasteiger partial charge in [-0.15, -0.1) is 11.3 Å². The Hall–Kier alpha value is -0.900. The molecule has 54 valence electrons. The second kappa shape index (κ2) is 2.79. The van der Waals surface area contributed by atoms with Crippen LogP contribution >= 0.6 is 11.3 Å². The van der Waals surface area contributed by atoms with Crippen LogP contribution < -0.4 is 5.73 Å². The number of thiazole rings is 1. The zero-order valence-electron chi connectivity index (χ0n) is 5.96. The first-order valence-electron chi connectivity index (χ1n) is 2.91. The quantitative estimate of drug-likeness (QED) is 0.493. The number of amidine groups is 1. The Bertz CT molecular complexity index is 247. The van der Waals surface area contributed by atoms with Crippen LogP contribution in [-0.2, 0) is 0 Å². The molecule has 0 radical (unpaired) electrons. The molecule has 10 heavy (non-hydrogen) atoms. The number of nitrogens with two attached hydrogens (primary N) is 1. The van der Waals surface area contributed by atoms with Gasteiger partial charge in [0.2, 0.25) is 5.13 Å². The van der Waals surface area contributed by atoms with Gasteiger partial charge in [0.25, 0.3) is 0 Å². The SMILES string of the molecule is C/C(N)=N/c1nc(C)cs1. The van der Waals surface area contributed by atoms with Crippen molar-refractivity contribution in [2.75, 3.05) is 0 Å². The summed E-state index contributed by atoms with van der Waals surface area (Å²) < 4.78 is 0. The molecule has 0 aromatic carbocycles. The van der Waals surface area contributed by atoms with Gasteiger partial charge in [0.05, 0.1) is 11.5 Å². The summed E-state index contributed by atoms with van der Waals surface area (Å²) in [6.45, 7) is 3.68. The second-order valence-corrected chi connectivity index (χ2v) is 2.86. The summed E-state index contributed by atoms with van der Waals surface area (Å²) in [5.74, 6) is 0.550. The Balaban J connectivity index is 2.86. The summed E-state index contributed by atoms with van der Waals surface area (Å²) >= 11 is 1.50. The first-order chi connectivity index (χ1) is 4.68. The topological polar surface area (TPSA) is 51.3 Å². The van der Waals surface area contributed by atoms with E-state index in [2.05, 4.69) is 9.98 Å². The fraction of sp³-hybridized carbons (Fsp3) is 0.333. The Morgan fingerprint density at radius 1 is 1.80 bits per heavy atom. The zero-order valence-corrected chi connectivity index (χ0v) is 6.77. The van der Waals surface area contributed by atoms with Crippen LogP contribution in [0.1, 0.15) is 12.6 Å². The van der Waals surface area contributed by atoms with E-state index in [1.54, 1.807) is 6.92 Å². The summed E-state index contributed by atoms with van der Waals surface area (Å²) in [7, 11) is 0. The van der Waals surface area contributed by atoms with E-state index in [0.717, 1.165) is 10.8 Å². The number of aromatic nitrogens is 1. The van der Waals surface area contributed by atoms with Crippen LogP contribution in [0.5, 0.6) is 0 Å². The molecule has 0 aliphatic carbocycles. The van der Waals surface area contributed by atoms with Crippen molar-refractivity contribution in [2.24, 2.45) is 10.7 Å². The van der Waals surface area contributed by atoms with Gasteiger partial charge in [0.1, 0.15) is 0 Å². The third-order valence-corrected chi connectivity index (χ3v) is 1.73. The molecule has 0 spiro atoms. The van der Waals surface area contributed by atoms with Crippen molar-refractivity contribution >= 4 is 22.3 Å². The zero-order chi connectivity index (χ0) is 7.56. The highest BCUT2D eigenvalue weighted by atomic mass is 32.1. The number of aliphatic imine (C=N–C) groups is 1. The Morgan fingerprint density at radius 3 is 2.90 bits per heavy atom. The number of rotatable bonds is 1. The molecule has 0 amide bonds. The molecule has 0 atom stereocenters. The minimum absolute atomic E-state index is 0.550. The lowest BCUT2D eigenvalue weighted by molar-refractivity contribution is 1.24. The maximum atomic E-state index is 5.35. The Morgan fingerprint density at radius 2 is 2.50 bits per heavy atom. The monoisotopic (exact) mass is 155 g/mol.